The zero-order valence-corrected chi connectivity index (χ0v) is 16.6. The molecule has 0 aliphatic carbocycles. The maximum Gasteiger partial charge on any atom is 0.250 e. The van der Waals surface area contributed by atoms with Gasteiger partial charge in [0.1, 0.15) is 17.2 Å². The van der Waals surface area contributed by atoms with Gasteiger partial charge in [-0.25, -0.2) is 9.37 Å². The van der Waals surface area contributed by atoms with Crippen molar-refractivity contribution in [3.8, 4) is 17.0 Å². The van der Waals surface area contributed by atoms with Crippen LogP contribution in [0, 0.1) is 5.82 Å². The number of nitrogens with zero attached hydrogens (tertiary/aromatic N) is 2. The number of H-pyrrole nitrogens is 1. The van der Waals surface area contributed by atoms with Crippen LogP contribution in [0.25, 0.3) is 22.3 Å². The van der Waals surface area contributed by atoms with Crippen molar-refractivity contribution < 1.29 is 13.9 Å². The summed E-state index contributed by atoms with van der Waals surface area (Å²) >= 11 is 5.62. The molecular weight excluding hydrogens is 407 g/mol. The van der Waals surface area contributed by atoms with Gasteiger partial charge in [0.05, 0.1) is 22.9 Å². The van der Waals surface area contributed by atoms with Gasteiger partial charge in [-0.2, -0.15) is 0 Å². The van der Waals surface area contributed by atoms with Crippen LogP contribution in [-0.2, 0) is 6.42 Å². The lowest BCUT2D eigenvalue weighted by atomic mass is 10.1. The largest absolute Gasteiger partial charge is 0.493 e. The number of carbonyl (C=O) groups is 1. The van der Waals surface area contributed by atoms with Crippen molar-refractivity contribution in [1.29, 1.82) is 0 Å². The second-order valence-electron chi connectivity index (χ2n) is 6.68. The van der Waals surface area contributed by atoms with Crippen LogP contribution in [0.15, 0.2) is 55.0 Å². The summed E-state index contributed by atoms with van der Waals surface area (Å²) in [6.45, 7) is 0.675. The summed E-state index contributed by atoms with van der Waals surface area (Å²) in [5.41, 5.74) is 8.77. The predicted molar refractivity (Wildman–Crippen MR) is 113 cm³/mol. The smallest absolute Gasteiger partial charge is 0.250 e. The van der Waals surface area contributed by atoms with Crippen molar-refractivity contribution in [1.82, 2.24) is 15.0 Å². The van der Waals surface area contributed by atoms with E-state index >= 15 is 0 Å². The second kappa shape index (κ2) is 8.51. The van der Waals surface area contributed by atoms with Crippen LogP contribution in [0.5, 0.6) is 5.75 Å². The van der Waals surface area contributed by atoms with Crippen LogP contribution in [-0.4, -0.2) is 27.5 Å². The molecule has 0 atom stereocenters. The number of aromatic nitrogens is 3. The summed E-state index contributed by atoms with van der Waals surface area (Å²) in [6.07, 6.45) is 6.62. The number of amides is 1. The van der Waals surface area contributed by atoms with Gasteiger partial charge in [-0.1, -0.05) is 11.6 Å². The molecule has 0 bridgehead atoms. The highest BCUT2D eigenvalue weighted by atomic mass is 35.5. The van der Waals surface area contributed by atoms with E-state index in [9.17, 15) is 9.18 Å². The van der Waals surface area contributed by atoms with E-state index in [1.165, 1.54) is 12.3 Å². The highest BCUT2D eigenvalue weighted by molar-refractivity contribution is 6.30. The van der Waals surface area contributed by atoms with Crippen LogP contribution in [0.1, 0.15) is 22.3 Å². The van der Waals surface area contributed by atoms with Crippen molar-refractivity contribution in [2.45, 2.75) is 12.8 Å². The summed E-state index contributed by atoms with van der Waals surface area (Å²) in [7, 11) is 0. The van der Waals surface area contributed by atoms with Gasteiger partial charge in [-0.3, -0.25) is 9.78 Å². The Morgan fingerprint density at radius 1 is 1.17 bits per heavy atom. The van der Waals surface area contributed by atoms with E-state index in [1.807, 2.05) is 18.3 Å². The Labute approximate surface area is 176 Å². The molecule has 4 heterocycles. The van der Waals surface area contributed by atoms with Gasteiger partial charge in [-0.15, -0.1) is 0 Å². The Hall–Kier alpha value is -3.45. The van der Waals surface area contributed by atoms with E-state index in [1.54, 1.807) is 24.4 Å². The third-order valence-corrected chi connectivity index (χ3v) is 5.06. The maximum absolute atomic E-state index is 13.3. The lowest BCUT2D eigenvalue weighted by Gasteiger charge is -2.17. The minimum absolute atomic E-state index is 0.180. The number of carbonyl (C=O) groups excluding carboxylic acids is 1. The average Bonchev–Trinajstić information content (AvgIpc) is 3.26. The number of rotatable bonds is 2. The number of ether oxygens (including phenoxy) is 1. The molecule has 8 heteroatoms. The molecule has 1 aliphatic heterocycles. The lowest BCUT2D eigenvalue weighted by molar-refractivity contribution is 0.1000. The number of hydrogen-bond acceptors (Lipinski definition) is 4. The molecule has 152 valence electrons. The SMILES string of the molecule is Fc1c(Cl)ccc2c1CCCO2.NC(=O)c1ccc(-c2ccnc3[nH]ccc23)nc1. The van der Waals surface area contributed by atoms with Crippen molar-refractivity contribution >= 4 is 28.5 Å². The molecule has 0 radical (unpaired) electrons. The number of halogens is 2. The van der Waals surface area contributed by atoms with Crippen LogP contribution < -0.4 is 10.5 Å². The van der Waals surface area contributed by atoms with Crippen molar-refractivity contribution in [2.24, 2.45) is 5.73 Å². The molecule has 5 rings (SSSR count). The molecule has 1 amide bonds. The lowest BCUT2D eigenvalue weighted by Crippen LogP contribution is -2.10. The standard InChI is InChI=1S/C13H10N4O.C9H8ClFO/c14-12(18)8-1-2-11(17-7-8)9-3-5-15-13-10(9)4-6-16-13;10-7-3-4-8-6(9(7)11)2-1-5-12-8/h1-7H,(H2,14,18)(H,15,16);3-4H,1-2,5H2. The van der Waals surface area contributed by atoms with Gasteiger partial charge in [-0.05, 0) is 49.2 Å². The van der Waals surface area contributed by atoms with Gasteiger partial charge >= 0.3 is 0 Å². The Kier molecular flexibility index (Phi) is 5.63. The van der Waals surface area contributed by atoms with Gasteiger partial charge in [0.25, 0.3) is 0 Å². The molecule has 30 heavy (non-hydrogen) atoms. The predicted octanol–water partition coefficient (Wildman–Crippen LogP) is 4.53. The Morgan fingerprint density at radius 3 is 2.80 bits per heavy atom. The first kappa shape index (κ1) is 19.8. The number of nitrogens with two attached hydrogens (primary N) is 1. The molecule has 0 unspecified atom stereocenters. The van der Waals surface area contributed by atoms with Crippen LogP contribution >= 0.6 is 11.6 Å². The zero-order chi connectivity index (χ0) is 21.1. The Bertz CT molecular complexity index is 1210. The number of pyridine rings is 2. The molecule has 0 saturated heterocycles. The summed E-state index contributed by atoms with van der Waals surface area (Å²) in [4.78, 5) is 22.5. The fraction of sp³-hybridized carbons (Fsp3) is 0.136. The van der Waals surface area contributed by atoms with Gasteiger partial charge in [0.2, 0.25) is 5.91 Å². The molecule has 3 N–H and O–H groups in total. The monoisotopic (exact) mass is 424 g/mol. The van der Waals surface area contributed by atoms with Crippen LogP contribution in [0.2, 0.25) is 5.02 Å². The first-order valence-electron chi connectivity index (χ1n) is 9.32. The number of benzene rings is 1. The Balaban J connectivity index is 0.000000158. The zero-order valence-electron chi connectivity index (χ0n) is 15.9. The highest BCUT2D eigenvalue weighted by Gasteiger charge is 2.16. The van der Waals surface area contributed by atoms with Crippen molar-refractivity contribution in [3.05, 3.63) is 77.0 Å². The highest BCUT2D eigenvalue weighted by Crippen LogP contribution is 2.31. The summed E-state index contributed by atoms with van der Waals surface area (Å²) in [5.74, 6) is -0.160. The third kappa shape index (κ3) is 3.97. The molecule has 0 fully saturated rings. The minimum atomic E-state index is -0.476. The normalized spacial score (nSPS) is 12.5. The summed E-state index contributed by atoms with van der Waals surface area (Å²) in [6, 6.07) is 10.5. The quantitative estimate of drug-likeness (QED) is 0.494. The molecular formula is C22H18ClFN4O2. The first-order valence-corrected chi connectivity index (χ1v) is 9.70. The number of nitrogens with one attached hydrogen (secondary N) is 1. The fourth-order valence-electron chi connectivity index (χ4n) is 3.26. The van der Waals surface area contributed by atoms with Gasteiger partial charge < -0.3 is 15.5 Å². The topological polar surface area (TPSA) is 93.9 Å². The summed E-state index contributed by atoms with van der Waals surface area (Å²) in [5, 5.41) is 1.18. The van der Waals surface area contributed by atoms with E-state index in [4.69, 9.17) is 22.1 Å². The first-order chi connectivity index (χ1) is 14.5. The molecule has 4 aromatic rings. The minimum Gasteiger partial charge on any atom is -0.493 e. The van der Waals surface area contributed by atoms with Gasteiger partial charge in [0, 0.05) is 35.1 Å². The van der Waals surface area contributed by atoms with Gasteiger partial charge in [0.15, 0.2) is 0 Å². The second-order valence-corrected chi connectivity index (χ2v) is 7.09. The van der Waals surface area contributed by atoms with E-state index in [0.717, 1.165) is 35.1 Å². The average molecular weight is 425 g/mol. The van der Waals surface area contributed by atoms with E-state index in [-0.39, 0.29) is 10.8 Å². The number of aromatic amines is 1. The van der Waals surface area contributed by atoms with E-state index < -0.39 is 5.91 Å². The van der Waals surface area contributed by atoms with E-state index in [0.29, 0.717) is 23.5 Å². The molecule has 6 nitrogen and oxygen atoms in total. The van der Waals surface area contributed by atoms with Crippen LogP contribution in [0.3, 0.4) is 0 Å². The fourth-order valence-corrected chi connectivity index (χ4v) is 3.43. The number of hydrogen-bond donors (Lipinski definition) is 2. The Morgan fingerprint density at radius 2 is 2.03 bits per heavy atom. The number of primary amides is 1. The number of fused-ring (bicyclic) bond motifs is 2. The van der Waals surface area contributed by atoms with Crippen molar-refractivity contribution in [2.75, 3.05) is 6.61 Å². The molecule has 0 saturated carbocycles. The summed E-state index contributed by atoms with van der Waals surface area (Å²) < 4.78 is 18.5. The third-order valence-electron chi connectivity index (χ3n) is 4.77. The molecule has 0 spiro atoms. The van der Waals surface area contributed by atoms with Crippen molar-refractivity contribution in [3.63, 3.8) is 0 Å². The van der Waals surface area contributed by atoms with E-state index in [2.05, 4.69) is 15.0 Å². The molecule has 1 aromatic carbocycles. The molecule has 3 aromatic heterocycles. The van der Waals surface area contributed by atoms with Crippen LogP contribution in [0.4, 0.5) is 4.39 Å². The molecule has 1 aliphatic rings. The maximum atomic E-state index is 13.3.